The molecule has 1 heterocycles. The summed E-state index contributed by atoms with van der Waals surface area (Å²) in [6.45, 7) is 5.31. The number of amides is 1. The van der Waals surface area contributed by atoms with E-state index in [9.17, 15) is 9.59 Å². The molecule has 0 aromatic carbocycles. The van der Waals surface area contributed by atoms with E-state index in [0.29, 0.717) is 24.6 Å². The summed E-state index contributed by atoms with van der Waals surface area (Å²) < 4.78 is 9.67. The van der Waals surface area contributed by atoms with Crippen LogP contribution in [0.2, 0.25) is 0 Å². The average Bonchev–Trinajstić information content (AvgIpc) is 2.81. The van der Waals surface area contributed by atoms with Gasteiger partial charge in [-0.05, 0) is 20.3 Å². The molecule has 0 spiro atoms. The maximum absolute atomic E-state index is 11.9. The van der Waals surface area contributed by atoms with Gasteiger partial charge in [0.15, 0.2) is 5.82 Å². The Morgan fingerprint density at radius 3 is 2.65 bits per heavy atom. The standard InChI is InChI=1S/C13H21N3O4/c1-5-8-13(3,12(18)19-4)15-10(17)6-7-11-14-9(2)16-20-11/h5-8H2,1-4H3,(H,15,17). The number of esters is 1. The number of aryl methyl sites for hydroxylation is 2. The van der Waals surface area contributed by atoms with E-state index in [1.54, 1.807) is 13.8 Å². The molecule has 1 aromatic heterocycles. The van der Waals surface area contributed by atoms with Crippen molar-refractivity contribution in [2.45, 2.75) is 52.0 Å². The first-order chi connectivity index (χ1) is 9.41. The highest BCUT2D eigenvalue weighted by Crippen LogP contribution is 2.15. The average molecular weight is 283 g/mol. The molecule has 0 aliphatic carbocycles. The molecule has 1 unspecified atom stereocenters. The lowest BCUT2D eigenvalue weighted by atomic mass is 9.96. The second-order valence-electron chi connectivity index (χ2n) is 4.86. The first-order valence-electron chi connectivity index (χ1n) is 6.60. The molecule has 7 nitrogen and oxygen atoms in total. The molecule has 0 aliphatic heterocycles. The lowest BCUT2D eigenvalue weighted by Crippen LogP contribution is -2.52. The molecule has 1 N–H and O–H groups in total. The van der Waals surface area contributed by atoms with Gasteiger partial charge in [-0.3, -0.25) is 4.79 Å². The lowest BCUT2D eigenvalue weighted by Gasteiger charge is -2.27. The van der Waals surface area contributed by atoms with Crippen LogP contribution >= 0.6 is 0 Å². The third kappa shape index (κ3) is 4.32. The van der Waals surface area contributed by atoms with Crippen molar-refractivity contribution in [1.29, 1.82) is 0 Å². The van der Waals surface area contributed by atoms with Gasteiger partial charge in [0.1, 0.15) is 5.54 Å². The Balaban J connectivity index is 2.56. The van der Waals surface area contributed by atoms with Crippen LogP contribution in [0.15, 0.2) is 4.52 Å². The topological polar surface area (TPSA) is 94.3 Å². The predicted molar refractivity (Wildman–Crippen MR) is 70.8 cm³/mol. The molecule has 0 aliphatic rings. The van der Waals surface area contributed by atoms with E-state index in [1.165, 1.54) is 7.11 Å². The fourth-order valence-electron chi connectivity index (χ4n) is 1.97. The number of rotatable bonds is 7. The first kappa shape index (κ1) is 16.1. The Bertz CT molecular complexity index is 472. The fraction of sp³-hybridized carbons (Fsp3) is 0.692. The predicted octanol–water partition coefficient (Wildman–Crippen LogP) is 1.16. The summed E-state index contributed by atoms with van der Waals surface area (Å²) in [5.41, 5.74) is -0.995. The second-order valence-corrected chi connectivity index (χ2v) is 4.86. The van der Waals surface area contributed by atoms with Crippen LogP contribution in [0.4, 0.5) is 0 Å². The van der Waals surface area contributed by atoms with Crippen molar-refractivity contribution < 1.29 is 18.8 Å². The lowest BCUT2D eigenvalue weighted by molar-refractivity contribution is -0.150. The Morgan fingerprint density at radius 2 is 2.15 bits per heavy atom. The zero-order chi connectivity index (χ0) is 15.2. The molecule has 1 aromatic rings. The number of carbonyl (C=O) groups is 2. The van der Waals surface area contributed by atoms with Crippen molar-refractivity contribution in [3.8, 4) is 0 Å². The summed E-state index contributed by atoms with van der Waals surface area (Å²) in [5.74, 6) is 0.252. The molecule has 112 valence electrons. The maximum atomic E-state index is 11.9. The molecule has 1 amide bonds. The van der Waals surface area contributed by atoms with E-state index in [0.717, 1.165) is 6.42 Å². The smallest absolute Gasteiger partial charge is 0.331 e. The third-order valence-corrected chi connectivity index (χ3v) is 2.94. The second kappa shape index (κ2) is 7.02. The van der Waals surface area contributed by atoms with Crippen molar-refractivity contribution in [2.75, 3.05) is 7.11 Å². The molecule has 0 fully saturated rings. The van der Waals surface area contributed by atoms with Crippen molar-refractivity contribution in [3.63, 3.8) is 0 Å². The molecule has 1 atom stereocenters. The third-order valence-electron chi connectivity index (χ3n) is 2.94. The molecule has 20 heavy (non-hydrogen) atoms. The van der Waals surface area contributed by atoms with Crippen LogP contribution in [-0.4, -0.2) is 34.7 Å². The number of hydrogen-bond acceptors (Lipinski definition) is 6. The monoisotopic (exact) mass is 283 g/mol. The Labute approximate surface area is 118 Å². The van der Waals surface area contributed by atoms with Gasteiger partial charge in [-0.15, -0.1) is 0 Å². The zero-order valence-electron chi connectivity index (χ0n) is 12.4. The molecule has 0 saturated carbocycles. The maximum Gasteiger partial charge on any atom is 0.331 e. The minimum Gasteiger partial charge on any atom is -0.467 e. The zero-order valence-corrected chi connectivity index (χ0v) is 12.4. The molecule has 0 bridgehead atoms. The summed E-state index contributed by atoms with van der Waals surface area (Å²) in [7, 11) is 1.31. The van der Waals surface area contributed by atoms with Crippen molar-refractivity contribution >= 4 is 11.9 Å². The van der Waals surface area contributed by atoms with Crippen LogP contribution in [0.3, 0.4) is 0 Å². The normalized spacial score (nSPS) is 13.6. The Morgan fingerprint density at radius 1 is 1.45 bits per heavy atom. The highest BCUT2D eigenvalue weighted by Gasteiger charge is 2.34. The summed E-state index contributed by atoms with van der Waals surface area (Å²) in [6.07, 6.45) is 1.80. The van der Waals surface area contributed by atoms with E-state index in [2.05, 4.69) is 15.5 Å². The molecule has 1 rings (SSSR count). The number of hydrogen-bond donors (Lipinski definition) is 1. The van der Waals surface area contributed by atoms with Gasteiger partial charge in [0, 0.05) is 12.8 Å². The summed E-state index contributed by atoms with van der Waals surface area (Å²) >= 11 is 0. The molecule has 0 saturated heterocycles. The molecular formula is C13H21N3O4. The number of methoxy groups -OCH3 is 1. The van der Waals surface area contributed by atoms with Gasteiger partial charge < -0.3 is 14.6 Å². The van der Waals surface area contributed by atoms with Gasteiger partial charge in [-0.1, -0.05) is 18.5 Å². The van der Waals surface area contributed by atoms with Crippen LogP contribution in [0, 0.1) is 6.92 Å². The quantitative estimate of drug-likeness (QED) is 0.754. The van der Waals surface area contributed by atoms with Crippen LogP contribution in [0.1, 0.15) is 44.8 Å². The van der Waals surface area contributed by atoms with Gasteiger partial charge in [0.05, 0.1) is 7.11 Å². The van der Waals surface area contributed by atoms with E-state index >= 15 is 0 Å². The largest absolute Gasteiger partial charge is 0.467 e. The van der Waals surface area contributed by atoms with Crippen LogP contribution in [0.5, 0.6) is 0 Å². The van der Waals surface area contributed by atoms with Crippen molar-refractivity contribution in [2.24, 2.45) is 0 Å². The number of aromatic nitrogens is 2. The number of carbonyl (C=O) groups excluding carboxylic acids is 2. The van der Waals surface area contributed by atoms with Gasteiger partial charge in [0.25, 0.3) is 0 Å². The number of nitrogens with zero attached hydrogens (tertiary/aromatic N) is 2. The molecule has 7 heteroatoms. The van der Waals surface area contributed by atoms with E-state index < -0.39 is 11.5 Å². The van der Waals surface area contributed by atoms with Crippen LogP contribution < -0.4 is 5.32 Å². The number of nitrogens with one attached hydrogen (secondary N) is 1. The van der Waals surface area contributed by atoms with Gasteiger partial charge in [-0.2, -0.15) is 4.98 Å². The Kier molecular flexibility index (Phi) is 5.66. The van der Waals surface area contributed by atoms with Gasteiger partial charge >= 0.3 is 5.97 Å². The Hall–Kier alpha value is -1.92. The van der Waals surface area contributed by atoms with Gasteiger partial charge in [0.2, 0.25) is 11.8 Å². The molecular weight excluding hydrogens is 262 g/mol. The minimum absolute atomic E-state index is 0.179. The van der Waals surface area contributed by atoms with E-state index in [1.807, 2.05) is 6.92 Å². The van der Waals surface area contributed by atoms with E-state index in [4.69, 9.17) is 9.26 Å². The van der Waals surface area contributed by atoms with Crippen molar-refractivity contribution in [1.82, 2.24) is 15.5 Å². The van der Waals surface area contributed by atoms with Crippen LogP contribution in [0.25, 0.3) is 0 Å². The van der Waals surface area contributed by atoms with E-state index in [-0.39, 0.29) is 12.3 Å². The summed E-state index contributed by atoms with van der Waals surface area (Å²) in [4.78, 5) is 27.7. The molecule has 0 radical (unpaired) electrons. The minimum atomic E-state index is -0.995. The SMILES string of the molecule is CCCC(C)(NC(=O)CCc1nc(C)no1)C(=O)OC. The number of ether oxygens (including phenoxy) is 1. The summed E-state index contributed by atoms with van der Waals surface area (Å²) in [6, 6.07) is 0. The highest BCUT2D eigenvalue weighted by atomic mass is 16.5. The first-order valence-corrected chi connectivity index (χ1v) is 6.60. The highest BCUT2D eigenvalue weighted by molar-refractivity contribution is 5.87. The summed E-state index contributed by atoms with van der Waals surface area (Å²) in [5, 5.41) is 6.37. The van der Waals surface area contributed by atoms with Crippen LogP contribution in [-0.2, 0) is 20.7 Å². The van der Waals surface area contributed by atoms with Crippen molar-refractivity contribution in [3.05, 3.63) is 11.7 Å². The van der Waals surface area contributed by atoms with Gasteiger partial charge in [-0.25, -0.2) is 4.79 Å². The fourth-order valence-corrected chi connectivity index (χ4v) is 1.97.